The van der Waals surface area contributed by atoms with Gasteiger partial charge in [-0.3, -0.25) is 0 Å². The second-order valence-electron chi connectivity index (χ2n) is 9.60. The molecule has 0 amide bonds. The van der Waals surface area contributed by atoms with E-state index in [4.69, 9.17) is 37.7 Å². The number of fused-ring (bicyclic) bond motifs is 1. The van der Waals surface area contributed by atoms with Crippen LogP contribution in [0, 0.1) is 0 Å². The number of esters is 1. The van der Waals surface area contributed by atoms with Crippen LogP contribution in [0.2, 0.25) is 10.0 Å². The fourth-order valence-corrected chi connectivity index (χ4v) is 6.51. The highest BCUT2D eigenvalue weighted by Gasteiger charge is 2.42. The second kappa shape index (κ2) is 15.2. The van der Waals surface area contributed by atoms with Crippen molar-refractivity contribution in [2.45, 2.75) is 12.5 Å². The second-order valence-corrected chi connectivity index (χ2v) is 11.4. The number of benzene rings is 3. The fourth-order valence-electron chi connectivity index (χ4n) is 4.70. The number of amidine groups is 1. The molecule has 2 aliphatic heterocycles. The molecule has 0 aliphatic carbocycles. The lowest BCUT2D eigenvalue weighted by Crippen LogP contribution is -2.35. The van der Waals surface area contributed by atoms with E-state index >= 15 is 0 Å². The molecule has 0 fully saturated rings. The number of carbonyl (C=O) groups is 1. The highest BCUT2D eigenvalue weighted by Crippen LogP contribution is 2.50. The van der Waals surface area contributed by atoms with E-state index in [0.717, 1.165) is 26.8 Å². The third kappa shape index (κ3) is 7.28. The summed E-state index contributed by atoms with van der Waals surface area (Å²) in [6.45, 7) is 0.865. The van der Waals surface area contributed by atoms with Gasteiger partial charge in [0.25, 0.3) is 0 Å². The van der Waals surface area contributed by atoms with Gasteiger partial charge in [0.2, 0.25) is 0 Å². The summed E-state index contributed by atoms with van der Waals surface area (Å²) in [5.41, 5.74) is 3.71. The summed E-state index contributed by atoms with van der Waals surface area (Å²) in [4.78, 5) is 23.8. The molecular weight excluding hydrogens is 636 g/mol. The number of likely N-dealkylation sites (N-methyl/N-ethyl adjacent to an activating group) is 1. The van der Waals surface area contributed by atoms with Gasteiger partial charge in [-0.25, -0.2) is 9.79 Å². The van der Waals surface area contributed by atoms with Gasteiger partial charge in [0.15, 0.2) is 5.17 Å². The van der Waals surface area contributed by atoms with Crippen LogP contribution in [0.3, 0.4) is 0 Å². The van der Waals surface area contributed by atoms with Crippen molar-refractivity contribution in [1.82, 2.24) is 9.80 Å². The summed E-state index contributed by atoms with van der Waals surface area (Å²) in [5, 5.41) is 1.81. The number of halogens is 4. The minimum absolute atomic E-state index is 0. The molecular formula is C31H31Cl4N3O3S. The summed E-state index contributed by atoms with van der Waals surface area (Å²) in [5.74, 6) is 0.253. The Kier molecular flexibility index (Phi) is 12.2. The fraction of sp³-hybridized carbons (Fsp3) is 0.226. The van der Waals surface area contributed by atoms with Gasteiger partial charge < -0.3 is 19.3 Å². The maximum atomic E-state index is 13.9. The largest absolute Gasteiger partial charge is 0.496 e. The zero-order valence-corrected chi connectivity index (χ0v) is 27.2. The number of hydrogen-bond acceptors (Lipinski definition) is 7. The molecule has 3 aromatic rings. The number of carbonyl (C=O) groups excluding carboxylic acids is 1. The minimum Gasteiger partial charge on any atom is -0.496 e. The number of methoxy groups -OCH3 is 1. The topological polar surface area (TPSA) is 54.4 Å². The molecule has 0 N–H and O–H groups in total. The van der Waals surface area contributed by atoms with Crippen LogP contribution in [0.4, 0.5) is 0 Å². The molecule has 0 aromatic heterocycles. The predicted molar refractivity (Wildman–Crippen MR) is 178 cm³/mol. The SMILES string of the molecule is COc1ccccc1C1C(C(=O)OCCN(C)C)=C(Cc2ccccc2)N=C2SC(c3c(Cl)cccc3Cl)=CN21.Cl.Cl. The van der Waals surface area contributed by atoms with E-state index in [9.17, 15) is 4.79 Å². The summed E-state index contributed by atoms with van der Waals surface area (Å²) in [6, 6.07) is 22.6. The number of nitrogens with zero attached hydrogens (tertiary/aromatic N) is 3. The summed E-state index contributed by atoms with van der Waals surface area (Å²) < 4.78 is 11.6. The quantitative estimate of drug-likeness (QED) is 0.217. The Morgan fingerprint density at radius 3 is 2.31 bits per heavy atom. The van der Waals surface area contributed by atoms with Crippen molar-refractivity contribution >= 4 is 75.8 Å². The maximum absolute atomic E-state index is 13.9. The number of thioether (sulfide) groups is 1. The van der Waals surface area contributed by atoms with Gasteiger partial charge in [-0.15, -0.1) is 24.8 Å². The number of hydrogen-bond donors (Lipinski definition) is 0. The molecule has 6 nitrogen and oxygen atoms in total. The van der Waals surface area contributed by atoms with Crippen molar-refractivity contribution in [3.05, 3.63) is 117 Å². The molecule has 1 atom stereocenters. The summed E-state index contributed by atoms with van der Waals surface area (Å²) in [7, 11) is 5.51. The smallest absolute Gasteiger partial charge is 0.338 e. The first-order valence-corrected chi connectivity index (χ1v) is 14.4. The molecule has 3 aromatic carbocycles. The Morgan fingerprint density at radius 2 is 1.64 bits per heavy atom. The van der Waals surface area contributed by atoms with Crippen LogP contribution in [0.5, 0.6) is 5.75 Å². The molecule has 0 saturated carbocycles. The highest BCUT2D eigenvalue weighted by atomic mass is 35.5. The van der Waals surface area contributed by atoms with E-state index in [-0.39, 0.29) is 31.4 Å². The van der Waals surface area contributed by atoms with Crippen molar-refractivity contribution in [2.75, 3.05) is 34.4 Å². The third-order valence-corrected chi connectivity index (χ3v) is 8.26. The van der Waals surface area contributed by atoms with Crippen LogP contribution in [0.15, 0.2) is 95.3 Å². The summed E-state index contributed by atoms with van der Waals surface area (Å²) in [6.07, 6.45) is 2.42. The van der Waals surface area contributed by atoms with Gasteiger partial charge in [-0.05, 0) is 49.6 Å². The van der Waals surface area contributed by atoms with Crippen LogP contribution in [-0.4, -0.2) is 55.3 Å². The first-order chi connectivity index (χ1) is 19.4. The molecule has 11 heteroatoms. The van der Waals surface area contributed by atoms with E-state index in [1.54, 1.807) is 7.11 Å². The van der Waals surface area contributed by atoms with Crippen molar-refractivity contribution in [1.29, 1.82) is 0 Å². The molecule has 0 radical (unpaired) electrons. The zero-order chi connectivity index (χ0) is 28.2. The lowest BCUT2D eigenvalue weighted by molar-refractivity contribution is -0.140. The maximum Gasteiger partial charge on any atom is 0.338 e. The number of rotatable bonds is 9. The van der Waals surface area contributed by atoms with Crippen LogP contribution in [-0.2, 0) is 16.0 Å². The van der Waals surface area contributed by atoms with E-state index in [1.165, 1.54) is 11.8 Å². The first-order valence-electron chi connectivity index (χ1n) is 12.8. The molecule has 42 heavy (non-hydrogen) atoms. The predicted octanol–water partition coefficient (Wildman–Crippen LogP) is 7.91. The van der Waals surface area contributed by atoms with Gasteiger partial charge in [0.1, 0.15) is 12.4 Å². The normalized spacial score (nSPS) is 15.8. The van der Waals surface area contributed by atoms with E-state index in [1.807, 2.05) is 103 Å². The first kappa shape index (κ1) is 33.8. The Bertz CT molecular complexity index is 1490. The third-order valence-electron chi connectivity index (χ3n) is 6.62. The van der Waals surface area contributed by atoms with Gasteiger partial charge in [0, 0.05) is 35.2 Å². The molecule has 0 spiro atoms. The molecule has 222 valence electrons. The lowest BCUT2D eigenvalue weighted by Gasteiger charge is -2.34. The van der Waals surface area contributed by atoms with Gasteiger partial charge in [-0.2, -0.15) is 0 Å². The van der Waals surface area contributed by atoms with Crippen molar-refractivity contribution in [3.8, 4) is 5.75 Å². The lowest BCUT2D eigenvalue weighted by atomic mass is 9.91. The Balaban J connectivity index is 0.00000242. The molecule has 0 bridgehead atoms. The van der Waals surface area contributed by atoms with Crippen molar-refractivity contribution < 1.29 is 14.3 Å². The van der Waals surface area contributed by atoms with E-state index in [2.05, 4.69) is 0 Å². The Hall–Kier alpha value is -2.65. The number of aliphatic imine (C=N–C) groups is 1. The van der Waals surface area contributed by atoms with E-state index in [0.29, 0.717) is 40.0 Å². The van der Waals surface area contributed by atoms with Crippen LogP contribution in [0.25, 0.3) is 4.91 Å². The average molecular weight is 667 g/mol. The van der Waals surface area contributed by atoms with Gasteiger partial charge in [0.05, 0.1) is 34.5 Å². The minimum atomic E-state index is -0.541. The average Bonchev–Trinajstić information content (AvgIpc) is 3.35. The highest BCUT2D eigenvalue weighted by molar-refractivity contribution is 8.22. The zero-order valence-electron chi connectivity index (χ0n) is 23.3. The van der Waals surface area contributed by atoms with Crippen molar-refractivity contribution in [2.24, 2.45) is 4.99 Å². The molecule has 5 rings (SSSR count). The number of allylic oxidation sites excluding steroid dienone is 1. The molecule has 1 unspecified atom stereocenters. The van der Waals surface area contributed by atoms with Crippen LogP contribution >= 0.6 is 59.8 Å². The van der Waals surface area contributed by atoms with Crippen molar-refractivity contribution in [3.63, 3.8) is 0 Å². The molecule has 2 heterocycles. The standard InChI is InChI=1S/C31H29Cl2N3O3S.2ClH/c1-35(2)16-17-39-30(37)28-24(18-20-10-5-4-6-11-20)34-31-36(29(28)21-12-7-8-15-25(21)38-3)19-26(40-31)27-22(32)13-9-14-23(27)33;;/h4-15,19,29H,16-18H2,1-3H3;2*1H. The molecule has 0 saturated heterocycles. The molecule has 2 aliphatic rings. The van der Waals surface area contributed by atoms with E-state index < -0.39 is 12.0 Å². The van der Waals surface area contributed by atoms with Crippen LogP contribution < -0.4 is 4.74 Å². The Labute approximate surface area is 273 Å². The monoisotopic (exact) mass is 665 g/mol. The van der Waals surface area contributed by atoms with Gasteiger partial charge in [-0.1, -0.05) is 77.8 Å². The van der Waals surface area contributed by atoms with Gasteiger partial charge >= 0.3 is 5.97 Å². The number of para-hydroxylation sites is 1. The number of ether oxygens (including phenoxy) is 2. The Morgan fingerprint density at radius 1 is 0.976 bits per heavy atom. The van der Waals surface area contributed by atoms with Crippen LogP contribution in [0.1, 0.15) is 22.7 Å². The summed E-state index contributed by atoms with van der Waals surface area (Å²) >= 11 is 14.7.